The quantitative estimate of drug-likeness (QED) is 0.544. The third-order valence-corrected chi connectivity index (χ3v) is 1.30. The lowest BCUT2D eigenvalue weighted by Gasteiger charge is -2.20. The molecule has 0 aliphatic heterocycles. The highest BCUT2D eigenvalue weighted by Gasteiger charge is 2.22. The highest BCUT2D eigenvalue weighted by Crippen LogP contribution is 1.98. The third kappa shape index (κ3) is 2.64. The van der Waals surface area contributed by atoms with Crippen LogP contribution in [-0.4, -0.2) is 18.0 Å². The van der Waals surface area contributed by atoms with Crippen LogP contribution in [0.4, 0.5) is 0 Å². The van der Waals surface area contributed by atoms with Crippen LogP contribution in [0, 0.1) is 0 Å². The molecule has 0 heterocycles. The molecular weight excluding hydrogens is 128 g/mol. The second-order valence-electron chi connectivity index (χ2n) is 2.66. The molecule has 0 saturated heterocycles. The lowest BCUT2D eigenvalue weighted by molar-refractivity contribution is -0.123. The summed E-state index contributed by atoms with van der Waals surface area (Å²) < 4.78 is 0. The fourth-order valence-corrected chi connectivity index (χ4v) is 0.414. The molecule has 0 spiro atoms. The zero-order valence-corrected chi connectivity index (χ0v) is 6.48. The Balaban J connectivity index is 3.86. The number of carbonyl (C=O) groups excluding carboxylic acids is 1. The van der Waals surface area contributed by atoms with Crippen molar-refractivity contribution >= 4 is 5.91 Å². The molecule has 58 valence electrons. The highest BCUT2D eigenvalue weighted by molar-refractivity contribution is 5.83. The number of primary amides is 1. The Morgan fingerprint density at radius 1 is 1.80 bits per heavy atom. The first-order valence-electron chi connectivity index (χ1n) is 3.16. The molecule has 3 N–H and O–H groups in total. The van der Waals surface area contributed by atoms with Gasteiger partial charge >= 0.3 is 0 Å². The Morgan fingerprint density at radius 3 is 2.60 bits per heavy atom. The van der Waals surface area contributed by atoms with Gasteiger partial charge in [0.05, 0.1) is 5.54 Å². The van der Waals surface area contributed by atoms with E-state index in [2.05, 4.69) is 11.9 Å². The van der Waals surface area contributed by atoms with Gasteiger partial charge in [-0.1, -0.05) is 6.08 Å². The first-order chi connectivity index (χ1) is 4.50. The number of amides is 1. The van der Waals surface area contributed by atoms with E-state index in [9.17, 15) is 4.79 Å². The minimum absolute atomic E-state index is 0.352. The molecule has 0 fully saturated rings. The summed E-state index contributed by atoms with van der Waals surface area (Å²) in [5.41, 5.74) is 4.44. The minimum Gasteiger partial charge on any atom is -0.368 e. The van der Waals surface area contributed by atoms with Crippen LogP contribution in [-0.2, 0) is 4.79 Å². The van der Waals surface area contributed by atoms with Crippen molar-refractivity contribution in [3.05, 3.63) is 12.7 Å². The summed E-state index contributed by atoms with van der Waals surface area (Å²) in [5, 5.41) is 2.92. The van der Waals surface area contributed by atoms with Gasteiger partial charge in [-0.2, -0.15) is 0 Å². The zero-order valence-electron chi connectivity index (χ0n) is 6.48. The summed E-state index contributed by atoms with van der Waals surface area (Å²) in [6.07, 6.45) is 1.69. The van der Waals surface area contributed by atoms with E-state index in [1.807, 2.05) is 0 Å². The van der Waals surface area contributed by atoms with Gasteiger partial charge in [0.15, 0.2) is 0 Å². The number of nitrogens with one attached hydrogen (secondary N) is 1. The average Bonchev–Trinajstić information content (AvgIpc) is 1.84. The summed E-state index contributed by atoms with van der Waals surface area (Å²) in [5.74, 6) is -0.352. The van der Waals surface area contributed by atoms with E-state index in [4.69, 9.17) is 5.73 Å². The largest absolute Gasteiger partial charge is 0.368 e. The molecule has 0 unspecified atom stereocenters. The van der Waals surface area contributed by atoms with Crippen molar-refractivity contribution in [2.24, 2.45) is 5.73 Å². The molecule has 0 aliphatic rings. The van der Waals surface area contributed by atoms with E-state index >= 15 is 0 Å². The van der Waals surface area contributed by atoms with Gasteiger partial charge in [-0.05, 0) is 13.8 Å². The van der Waals surface area contributed by atoms with Crippen molar-refractivity contribution in [1.82, 2.24) is 5.32 Å². The lowest BCUT2D eigenvalue weighted by Crippen LogP contribution is -2.50. The van der Waals surface area contributed by atoms with E-state index in [0.717, 1.165) is 0 Å². The molecule has 0 atom stereocenters. The number of nitrogens with two attached hydrogens (primary N) is 1. The Labute approximate surface area is 61.3 Å². The van der Waals surface area contributed by atoms with Gasteiger partial charge in [-0.15, -0.1) is 6.58 Å². The molecule has 0 aromatic heterocycles. The summed E-state index contributed by atoms with van der Waals surface area (Å²) in [6.45, 7) is 7.57. The highest BCUT2D eigenvalue weighted by atomic mass is 16.1. The summed E-state index contributed by atoms with van der Waals surface area (Å²) in [6, 6.07) is 0. The van der Waals surface area contributed by atoms with Crippen LogP contribution in [0.15, 0.2) is 12.7 Å². The summed E-state index contributed by atoms with van der Waals surface area (Å²) in [4.78, 5) is 10.7. The van der Waals surface area contributed by atoms with E-state index in [1.54, 1.807) is 19.9 Å². The second-order valence-corrected chi connectivity index (χ2v) is 2.66. The van der Waals surface area contributed by atoms with E-state index in [0.29, 0.717) is 6.54 Å². The Hall–Kier alpha value is -0.830. The fourth-order valence-electron chi connectivity index (χ4n) is 0.414. The van der Waals surface area contributed by atoms with Crippen molar-refractivity contribution in [3.8, 4) is 0 Å². The van der Waals surface area contributed by atoms with E-state index in [1.165, 1.54) is 0 Å². The maximum absolute atomic E-state index is 10.7. The smallest absolute Gasteiger partial charge is 0.237 e. The maximum Gasteiger partial charge on any atom is 0.237 e. The standard InChI is InChI=1S/C7H14N2O/c1-4-5-9-7(2,3)6(8)10/h4,9H,1,5H2,2-3H3,(H2,8,10). The SMILES string of the molecule is C=CCNC(C)(C)C(N)=O. The Bertz CT molecular complexity index is 141. The molecule has 3 heteroatoms. The molecule has 1 amide bonds. The third-order valence-electron chi connectivity index (χ3n) is 1.30. The topological polar surface area (TPSA) is 55.1 Å². The van der Waals surface area contributed by atoms with Crippen molar-refractivity contribution in [2.45, 2.75) is 19.4 Å². The molecule has 0 aliphatic carbocycles. The molecule has 0 aromatic rings. The van der Waals surface area contributed by atoms with Crippen LogP contribution in [0.3, 0.4) is 0 Å². The zero-order chi connectivity index (χ0) is 8.20. The van der Waals surface area contributed by atoms with Crippen LogP contribution < -0.4 is 11.1 Å². The Morgan fingerprint density at radius 2 is 2.30 bits per heavy atom. The first-order valence-corrected chi connectivity index (χ1v) is 3.16. The van der Waals surface area contributed by atoms with Crippen molar-refractivity contribution in [2.75, 3.05) is 6.54 Å². The fraction of sp³-hybridized carbons (Fsp3) is 0.571. The molecule has 10 heavy (non-hydrogen) atoms. The van der Waals surface area contributed by atoms with Crippen molar-refractivity contribution < 1.29 is 4.79 Å². The van der Waals surface area contributed by atoms with Gasteiger partial charge in [0, 0.05) is 6.54 Å². The normalized spacial score (nSPS) is 11.0. The van der Waals surface area contributed by atoms with Crippen LogP contribution in [0.25, 0.3) is 0 Å². The molecule has 0 rings (SSSR count). The molecular formula is C7H14N2O. The van der Waals surface area contributed by atoms with E-state index < -0.39 is 5.54 Å². The van der Waals surface area contributed by atoms with Crippen LogP contribution in [0.1, 0.15) is 13.8 Å². The maximum atomic E-state index is 10.7. The predicted molar refractivity (Wildman–Crippen MR) is 41.5 cm³/mol. The number of carbonyl (C=O) groups is 1. The monoisotopic (exact) mass is 142 g/mol. The first kappa shape index (κ1) is 9.17. The van der Waals surface area contributed by atoms with Gasteiger partial charge in [0.25, 0.3) is 0 Å². The molecule has 0 bridgehead atoms. The number of hydrogen-bond donors (Lipinski definition) is 2. The molecule has 3 nitrogen and oxygen atoms in total. The average molecular weight is 142 g/mol. The van der Waals surface area contributed by atoms with Crippen LogP contribution >= 0.6 is 0 Å². The van der Waals surface area contributed by atoms with Crippen LogP contribution in [0.5, 0.6) is 0 Å². The Kier molecular flexibility index (Phi) is 3.09. The number of hydrogen-bond acceptors (Lipinski definition) is 2. The van der Waals surface area contributed by atoms with Crippen molar-refractivity contribution in [1.29, 1.82) is 0 Å². The molecule has 0 aromatic carbocycles. The van der Waals surface area contributed by atoms with Gasteiger partial charge in [0.1, 0.15) is 0 Å². The second kappa shape index (κ2) is 3.37. The molecule has 0 radical (unpaired) electrons. The minimum atomic E-state index is -0.631. The van der Waals surface area contributed by atoms with Gasteiger partial charge in [-0.3, -0.25) is 4.79 Å². The van der Waals surface area contributed by atoms with Gasteiger partial charge in [-0.25, -0.2) is 0 Å². The van der Waals surface area contributed by atoms with Crippen LogP contribution in [0.2, 0.25) is 0 Å². The van der Waals surface area contributed by atoms with Crippen molar-refractivity contribution in [3.63, 3.8) is 0 Å². The van der Waals surface area contributed by atoms with E-state index in [-0.39, 0.29) is 5.91 Å². The molecule has 0 saturated carbocycles. The lowest BCUT2D eigenvalue weighted by atomic mass is 10.1. The van der Waals surface area contributed by atoms with Gasteiger partial charge in [0.2, 0.25) is 5.91 Å². The number of rotatable bonds is 4. The summed E-state index contributed by atoms with van der Waals surface area (Å²) in [7, 11) is 0. The predicted octanol–water partition coefficient (Wildman–Crippen LogP) is 0.0259. The summed E-state index contributed by atoms with van der Waals surface area (Å²) >= 11 is 0. The van der Waals surface area contributed by atoms with Gasteiger partial charge < -0.3 is 11.1 Å².